The number of rotatable bonds is 7. The Morgan fingerprint density at radius 2 is 1.76 bits per heavy atom. The average molecular weight is 298 g/mol. The van der Waals surface area contributed by atoms with Crippen LogP contribution in [0.2, 0.25) is 0 Å². The monoisotopic (exact) mass is 298 g/mol. The van der Waals surface area contributed by atoms with E-state index in [4.69, 9.17) is 10.2 Å². The molecule has 0 heterocycles. The van der Waals surface area contributed by atoms with Gasteiger partial charge in [-0.25, -0.2) is 14.0 Å². The molecule has 21 heavy (non-hydrogen) atoms. The minimum atomic E-state index is -1.25. The molecule has 1 aromatic carbocycles. The number of hydrogen-bond acceptors (Lipinski definition) is 3. The van der Waals surface area contributed by atoms with Crippen molar-refractivity contribution in [2.75, 3.05) is 5.32 Å². The second kappa shape index (κ2) is 7.83. The lowest BCUT2D eigenvalue weighted by Gasteiger charge is -2.14. The van der Waals surface area contributed by atoms with Gasteiger partial charge in [-0.3, -0.25) is 4.79 Å². The molecule has 0 radical (unpaired) electrons. The molecule has 0 saturated carbocycles. The normalized spacial score (nSPS) is 11.5. The fourth-order valence-electron chi connectivity index (χ4n) is 1.57. The number of urea groups is 1. The fourth-order valence-corrected chi connectivity index (χ4v) is 1.57. The molecule has 114 valence electrons. The van der Waals surface area contributed by atoms with Gasteiger partial charge in [0, 0.05) is 12.1 Å². The van der Waals surface area contributed by atoms with Crippen LogP contribution in [-0.2, 0) is 9.59 Å². The quantitative estimate of drug-likeness (QED) is 0.611. The third-order valence-electron chi connectivity index (χ3n) is 2.59. The second-order valence-corrected chi connectivity index (χ2v) is 4.28. The van der Waals surface area contributed by atoms with Crippen LogP contribution in [0.1, 0.15) is 19.3 Å². The van der Waals surface area contributed by atoms with E-state index in [1.54, 1.807) is 0 Å². The number of nitrogens with one attached hydrogen (secondary N) is 2. The molecule has 0 bridgehead atoms. The van der Waals surface area contributed by atoms with Crippen molar-refractivity contribution in [1.82, 2.24) is 5.32 Å². The third-order valence-corrected chi connectivity index (χ3v) is 2.59. The maximum Gasteiger partial charge on any atom is 0.326 e. The van der Waals surface area contributed by atoms with Gasteiger partial charge in [0.1, 0.15) is 11.9 Å². The van der Waals surface area contributed by atoms with Crippen molar-refractivity contribution in [3.8, 4) is 0 Å². The lowest BCUT2D eigenvalue weighted by atomic mass is 10.1. The summed E-state index contributed by atoms with van der Waals surface area (Å²) in [5, 5.41) is 22.0. The molecule has 1 atom stereocenters. The Balaban J connectivity index is 2.50. The molecular weight excluding hydrogens is 283 g/mol. The van der Waals surface area contributed by atoms with E-state index in [0.29, 0.717) is 5.69 Å². The first-order valence-corrected chi connectivity index (χ1v) is 6.16. The van der Waals surface area contributed by atoms with Crippen molar-refractivity contribution in [2.45, 2.75) is 25.3 Å². The molecule has 0 spiro atoms. The lowest BCUT2D eigenvalue weighted by Crippen LogP contribution is -2.43. The lowest BCUT2D eigenvalue weighted by molar-refractivity contribution is -0.140. The van der Waals surface area contributed by atoms with Crippen LogP contribution in [0.4, 0.5) is 14.9 Å². The fraction of sp³-hybridized carbons (Fsp3) is 0.308. The average Bonchev–Trinajstić information content (AvgIpc) is 2.39. The molecular formula is C13H15FN2O5. The van der Waals surface area contributed by atoms with Crippen molar-refractivity contribution in [3.05, 3.63) is 30.1 Å². The van der Waals surface area contributed by atoms with Crippen molar-refractivity contribution in [1.29, 1.82) is 0 Å². The van der Waals surface area contributed by atoms with Gasteiger partial charge < -0.3 is 20.8 Å². The standard InChI is InChI=1S/C13H15FN2O5/c14-8-4-6-9(7-5-8)15-13(21)16-10(12(19)20)2-1-3-11(17)18/h4-7,10H,1-3H2,(H,17,18)(H,19,20)(H2,15,16,21)/t10-/m1/s1. The zero-order chi connectivity index (χ0) is 15.8. The number of benzene rings is 1. The van der Waals surface area contributed by atoms with Gasteiger partial charge >= 0.3 is 18.0 Å². The van der Waals surface area contributed by atoms with Gasteiger partial charge in [0.05, 0.1) is 0 Å². The van der Waals surface area contributed by atoms with Gasteiger partial charge in [0.25, 0.3) is 0 Å². The van der Waals surface area contributed by atoms with Crippen molar-refractivity contribution in [3.63, 3.8) is 0 Å². The molecule has 2 amide bonds. The van der Waals surface area contributed by atoms with E-state index >= 15 is 0 Å². The van der Waals surface area contributed by atoms with Crippen LogP contribution in [0.3, 0.4) is 0 Å². The highest BCUT2D eigenvalue weighted by molar-refractivity contribution is 5.92. The highest BCUT2D eigenvalue weighted by atomic mass is 19.1. The zero-order valence-corrected chi connectivity index (χ0v) is 11.0. The molecule has 0 aliphatic rings. The molecule has 0 fully saturated rings. The number of carboxylic acids is 2. The van der Waals surface area contributed by atoms with Crippen molar-refractivity contribution >= 4 is 23.7 Å². The summed E-state index contributed by atoms with van der Waals surface area (Å²) in [6.45, 7) is 0. The molecule has 0 aromatic heterocycles. The van der Waals surface area contributed by atoms with E-state index < -0.39 is 29.8 Å². The Labute approximate surface area is 119 Å². The Kier molecular flexibility index (Phi) is 6.12. The molecule has 7 nitrogen and oxygen atoms in total. The molecule has 4 N–H and O–H groups in total. The second-order valence-electron chi connectivity index (χ2n) is 4.28. The molecule has 0 aliphatic heterocycles. The van der Waals surface area contributed by atoms with Crippen molar-refractivity contribution < 1.29 is 29.0 Å². The van der Waals surface area contributed by atoms with Gasteiger partial charge in [-0.2, -0.15) is 0 Å². The summed E-state index contributed by atoms with van der Waals surface area (Å²) in [5.41, 5.74) is 0.309. The Morgan fingerprint density at radius 1 is 1.14 bits per heavy atom. The highest BCUT2D eigenvalue weighted by Gasteiger charge is 2.19. The number of carbonyl (C=O) groups is 3. The maximum atomic E-state index is 12.7. The van der Waals surface area contributed by atoms with E-state index in [1.165, 1.54) is 12.1 Å². The van der Waals surface area contributed by atoms with Gasteiger partial charge in [0.2, 0.25) is 0 Å². The van der Waals surface area contributed by atoms with E-state index in [0.717, 1.165) is 12.1 Å². The summed E-state index contributed by atoms with van der Waals surface area (Å²) in [6.07, 6.45) is -0.0490. The minimum absolute atomic E-state index is 0.00152. The molecule has 0 unspecified atom stereocenters. The van der Waals surface area contributed by atoms with Crippen LogP contribution in [0, 0.1) is 5.82 Å². The zero-order valence-electron chi connectivity index (χ0n) is 11.0. The number of hydrogen-bond donors (Lipinski definition) is 4. The number of aliphatic carboxylic acids is 2. The summed E-state index contributed by atoms with van der Waals surface area (Å²) < 4.78 is 12.7. The smallest absolute Gasteiger partial charge is 0.326 e. The number of halogens is 1. The Bertz CT molecular complexity index is 518. The predicted octanol–water partition coefficient (Wildman–Crippen LogP) is 1.66. The van der Waals surface area contributed by atoms with Gasteiger partial charge in [-0.1, -0.05) is 0 Å². The first-order chi connectivity index (χ1) is 9.88. The first-order valence-electron chi connectivity index (χ1n) is 6.16. The Hall–Kier alpha value is -2.64. The maximum absolute atomic E-state index is 12.7. The van der Waals surface area contributed by atoms with Crippen LogP contribution in [0.5, 0.6) is 0 Å². The molecule has 1 rings (SSSR count). The molecule has 0 aliphatic carbocycles. The SMILES string of the molecule is O=C(O)CCC[C@@H](NC(=O)Nc1ccc(F)cc1)C(=O)O. The largest absolute Gasteiger partial charge is 0.481 e. The van der Waals surface area contributed by atoms with Crippen LogP contribution in [-0.4, -0.2) is 34.2 Å². The van der Waals surface area contributed by atoms with E-state index in [2.05, 4.69) is 10.6 Å². The van der Waals surface area contributed by atoms with E-state index in [9.17, 15) is 18.8 Å². The van der Waals surface area contributed by atoms with Gasteiger partial charge in [-0.05, 0) is 37.1 Å². The Morgan fingerprint density at radius 3 is 2.29 bits per heavy atom. The molecule has 1 aromatic rings. The number of carbonyl (C=O) groups excluding carboxylic acids is 1. The highest BCUT2D eigenvalue weighted by Crippen LogP contribution is 2.08. The van der Waals surface area contributed by atoms with E-state index in [-0.39, 0.29) is 19.3 Å². The van der Waals surface area contributed by atoms with Crippen LogP contribution < -0.4 is 10.6 Å². The summed E-state index contributed by atoms with van der Waals surface area (Å²) in [7, 11) is 0. The minimum Gasteiger partial charge on any atom is -0.481 e. The topological polar surface area (TPSA) is 116 Å². The predicted molar refractivity (Wildman–Crippen MR) is 71.5 cm³/mol. The number of amides is 2. The first kappa shape index (κ1) is 16.4. The van der Waals surface area contributed by atoms with Crippen LogP contribution >= 0.6 is 0 Å². The van der Waals surface area contributed by atoms with Gasteiger partial charge in [-0.15, -0.1) is 0 Å². The van der Waals surface area contributed by atoms with Crippen molar-refractivity contribution in [2.24, 2.45) is 0 Å². The number of anilines is 1. The molecule has 0 saturated heterocycles. The molecule has 8 heteroatoms. The number of carboxylic acid groups (broad SMARTS) is 2. The van der Waals surface area contributed by atoms with Crippen LogP contribution in [0.25, 0.3) is 0 Å². The van der Waals surface area contributed by atoms with Gasteiger partial charge in [0.15, 0.2) is 0 Å². The summed E-state index contributed by atoms with van der Waals surface area (Å²) >= 11 is 0. The third kappa shape index (κ3) is 6.37. The summed E-state index contributed by atoms with van der Waals surface area (Å²) in [5.74, 6) is -2.75. The summed E-state index contributed by atoms with van der Waals surface area (Å²) in [6, 6.07) is 3.01. The summed E-state index contributed by atoms with van der Waals surface area (Å²) in [4.78, 5) is 32.9. The van der Waals surface area contributed by atoms with Crippen LogP contribution in [0.15, 0.2) is 24.3 Å². The van der Waals surface area contributed by atoms with E-state index in [1.807, 2.05) is 0 Å².